The van der Waals surface area contributed by atoms with Gasteiger partial charge in [0.05, 0.1) is 16.3 Å². The number of hydrogen-bond acceptors (Lipinski definition) is 3. The first-order valence-electron chi connectivity index (χ1n) is 8.44. The molecule has 0 saturated heterocycles. The summed E-state index contributed by atoms with van der Waals surface area (Å²) in [5.41, 5.74) is 4.57. The standard InChI is InChI=1S/C20H21Cl2N3O2/c1-12(2)18(24-19(26)14-9-7-13(3)8-10-14)20(27)25-23-11-15-5-4-6-16(21)17(15)22/h4-12,18H,1-3H3,(H,24,26)(H,25,27). The highest BCUT2D eigenvalue weighted by molar-refractivity contribution is 6.43. The lowest BCUT2D eigenvalue weighted by Crippen LogP contribution is -2.48. The number of nitrogens with one attached hydrogen (secondary N) is 2. The largest absolute Gasteiger partial charge is 0.340 e. The Labute approximate surface area is 168 Å². The quantitative estimate of drug-likeness (QED) is 0.558. The number of aryl methyl sites for hydroxylation is 1. The van der Waals surface area contributed by atoms with Crippen LogP contribution in [-0.2, 0) is 4.79 Å². The Morgan fingerprint density at radius 1 is 1.07 bits per heavy atom. The van der Waals surface area contributed by atoms with Gasteiger partial charge in [0.1, 0.15) is 6.04 Å². The molecule has 0 aliphatic heterocycles. The third-order valence-corrected chi connectivity index (χ3v) is 4.74. The number of amides is 2. The minimum Gasteiger partial charge on any atom is -0.340 e. The van der Waals surface area contributed by atoms with Gasteiger partial charge in [0, 0.05) is 11.1 Å². The molecule has 7 heteroatoms. The van der Waals surface area contributed by atoms with Gasteiger partial charge in [-0.3, -0.25) is 9.59 Å². The molecule has 0 bridgehead atoms. The lowest BCUT2D eigenvalue weighted by atomic mass is 10.0. The molecule has 2 amide bonds. The van der Waals surface area contributed by atoms with E-state index in [2.05, 4.69) is 15.8 Å². The Kier molecular flexibility index (Phi) is 7.39. The molecule has 0 radical (unpaired) electrons. The van der Waals surface area contributed by atoms with Crippen molar-refractivity contribution in [3.63, 3.8) is 0 Å². The van der Waals surface area contributed by atoms with Gasteiger partial charge in [-0.25, -0.2) is 5.43 Å². The van der Waals surface area contributed by atoms with E-state index in [1.165, 1.54) is 6.21 Å². The molecule has 1 atom stereocenters. The first-order valence-corrected chi connectivity index (χ1v) is 9.19. The van der Waals surface area contributed by atoms with Crippen LogP contribution < -0.4 is 10.7 Å². The molecule has 2 N–H and O–H groups in total. The average molecular weight is 406 g/mol. The van der Waals surface area contributed by atoms with Crippen LogP contribution >= 0.6 is 23.2 Å². The summed E-state index contributed by atoms with van der Waals surface area (Å²) in [6, 6.07) is 11.5. The van der Waals surface area contributed by atoms with Crippen LogP contribution in [0.2, 0.25) is 10.0 Å². The van der Waals surface area contributed by atoms with Crippen molar-refractivity contribution in [1.82, 2.24) is 10.7 Å². The van der Waals surface area contributed by atoms with E-state index >= 15 is 0 Å². The summed E-state index contributed by atoms with van der Waals surface area (Å²) in [5.74, 6) is -0.852. The molecule has 2 rings (SSSR count). The van der Waals surface area contributed by atoms with Crippen LogP contribution in [-0.4, -0.2) is 24.1 Å². The number of carbonyl (C=O) groups is 2. The minimum atomic E-state index is -0.731. The highest BCUT2D eigenvalue weighted by atomic mass is 35.5. The molecule has 0 heterocycles. The van der Waals surface area contributed by atoms with Crippen molar-refractivity contribution in [3.05, 3.63) is 69.2 Å². The van der Waals surface area contributed by atoms with Crippen molar-refractivity contribution < 1.29 is 9.59 Å². The summed E-state index contributed by atoms with van der Waals surface area (Å²) in [6.07, 6.45) is 1.41. The highest BCUT2D eigenvalue weighted by Gasteiger charge is 2.24. The molecule has 0 aliphatic rings. The van der Waals surface area contributed by atoms with Gasteiger partial charge in [-0.05, 0) is 31.0 Å². The maximum absolute atomic E-state index is 12.4. The molecular formula is C20H21Cl2N3O2. The van der Waals surface area contributed by atoms with Crippen LogP contribution in [0.3, 0.4) is 0 Å². The van der Waals surface area contributed by atoms with E-state index in [4.69, 9.17) is 23.2 Å². The fraction of sp³-hybridized carbons (Fsp3) is 0.250. The normalized spacial score (nSPS) is 12.2. The van der Waals surface area contributed by atoms with Crippen LogP contribution in [0.15, 0.2) is 47.6 Å². The Morgan fingerprint density at radius 3 is 2.37 bits per heavy atom. The Bertz CT molecular complexity index is 849. The molecule has 2 aromatic carbocycles. The van der Waals surface area contributed by atoms with E-state index in [-0.39, 0.29) is 11.8 Å². The first-order chi connectivity index (χ1) is 12.8. The topological polar surface area (TPSA) is 70.6 Å². The SMILES string of the molecule is Cc1ccc(C(=O)NC(C(=O)NN=Cc2cccc(Cl)c2Cl)C(C)C)cc1. The van der Waals surface area contributed by atoms with Gasteiger partial charge in [-0.1, -0.05) is 66.9 Å². The molecular weight excluding hydrogens is 385 g/mol. The molecule has 0 saturated carbocycles. The van der Waals surface area contributed by atoms with Gasteiger partial charge in [-0.15, -0.1) is 0 Å². The fourth-order valence-electron chi connectivity index (χ4n) is 2.32. The van der Waals surface area contributed by atoms with Crippen LogP contribution in [0, 0.1) is 12.8 Å². The molecule has 142 valence electrons. The molecule has 0 aromatic heterocycles. The first kappa shape index (κ1) is 20.9. The maximum atomic E-state index is 12.4. The van der Waals surface area contributed by atoms with Crippen molar-refractivity contribution in [1.29, 1.82) is 0 Å². The lowest BCUT2D eigenvalue weighted by Gasteiger charge is -2.20. The van der Waals surface area contributed by atoms with Crippen LogP contribution in [0.4, 0.5) is 0 Å². The second-order valence-electron chi connectivity index (χ2n) is 6.44. The fourth-order valence-corrected chi connectivity index (χ4v) is 2.68. The molecule has 0 spiro atoms. The number of benzene rings is 2. The molecule has 0 fully saturated rings. The zero-order chi connectivity index (χ0) is 20.0. The summed E-state index contributed by atoms with van der Waals surface area (Å²) in [6.45, 7) is 5.63. The van der Waals surface area contributed by atoms with Gasteiger partial charge in [-0.2, -0.15) is 5.10 Å². The maximum Gasteiger partial charge on any atom is 0.262 e. The minimum absolute atomic E-state index is 0.121. The molecule has 0 aliphatic carbocycles. The molecule has 2 aromatic rings. The molecule has 27 heavy (non-hydrogen) atoms. The van der Waals surface area contributed by atoms with Crippen molar-refractivity contribution in [2.24, 2.45) is 11.0 Å². The smallest absolute Gasteiger partial charge is 0.262 e. The number of hydrazone groups is 1. The van der Waals surface area contributed by atoms with Gasteiger partial charge in [0.15, 0.2) is 0 Å². The van der Waals surface area contributed by atoms with Crippen molar-refractivity contribution in [2.45, 2.75) is 26.8 Å². The summed E-state index contributed by atoms with van der Waals surface area (Å²) in [7, 11) is 0. The van der Waals surface area contributed by atoms with Crippen LogP contribution in [0.25, 0.3) is 0 Å². The number of halogens is 2. The van der Waals surface area contributed by atoms with E-state index in [0.29, 0.717) is 21.2 Å². The summed E-state index contributed by atoms with van der Waals surface area (Å²) in [5, 5.41) is 7.42. The second-order valence-corrected chi connectivity index (χ2v) is 7.22. The van der Waals surface area contributed by atoms with Crippen LogP contribution in [0.1, 0.15) is 35.3 Å². The Hall–Kier alpha value is -2.37. The van der Waals surface area contributed by atoms with E-state index in [0.717, 1.165) is 5.56 Å². The third-order valence-electron chi connectivity index (χ3n) is 3.91. The van der Waals surface area contributed by atoms with Crippen molar-refractivity contribution in [2.75, 3.05) is 0 Å². The van der Waals surface area contributed by atoms with Crippen molar-refractivity contribution in [3.8, 4) is 0 Å². The van der Waals surface area contributed by atoms with Crippen molar-refractivity contribution >= 4 is 41.2 Å². The monoisotopic (exact) mass is 405 g/mol. The number of carbonyl (C=O) groups excluding carboxylic acids is 2. The Morgan fingerprint density at radius 2 is 1.74 bits per heavy atom. The predicted octanol–water partition coefficient (Wildman–Crippen LogP) is 4.21. The zero-order valence-electron chi connectivity index (χ0n) is 15.3. The third kappa shape index (κ3) is 5.81. The number of hydrogen-bond donors (Lipinski definition) is 2. The number of nitrogens with zero attached hydrogens (tertiary/aromatic N) is 1. The number of rotatable bonds is 6. The van der Waals surface area contributed by atoms with Gasteiger partial charge < -0.3 is 5.32 Å². The van der Waals surface area contributed by atoms with Gasteiger partial charge in [0.2, 0.25) is 0 Å². The van der Waals surface area contributed by atoms with E-state index in [9.17, 15) is 9.59 Å². The van der Waals surface area contributed by atoms with E-state index in [1.807, 2.05) is 32.9 Å². The summed E-state index contributed by atoms with van der Waals surface area (Å²) >= 11 is 12.0. The average Bonchev–Trinajstić information content (AvgIpc) is 2.63. The second kappa shape index (κ2) is 9.53. The van der Waals surface area contributed by atoms with E-state index < -0.39 is 11.9 Å². The zero-order valence-corrected chi connectivity index (χ0v) is 16.8. The van der Waals surface area contributed by atoms with Crippen LogP contribution in [0.5, 0.6) is 0 Å². The highest BCUT2D eigenvalue weighted by Crippen LogP contribution is 2.24. The molecule has 5 nitrogen and oxygen atoms in total. The summed E-state index contributed by atoms with van der Waals surface area (Å²) < 4.78 is 0. The van der Waals surface area contributed by atoms with E-state index in [1.54, 1.807) is 30.3 Å². The predicted molar refractivity (Wildman–Crippen MR) is 109 cm³/mol. The Balaban J connectivity index is 2.04. The van der Waals surface area contributed by atoms with Gasteiger partial charge >= 0.3 is 0 Å². The summed E-state index contributed by atoms with van der Waals surface area (Å²) in [4.78, 5) is 24.8. The molecule has 1 unspecified atom stereocenters. The lowest BCUT2D eigenvalue weighted by molar-refractivity contribution is -0.123. The van der Waals surface area contributed by atoms with Gasteiger partial charge in [0.25, 0.3) is 11.8 Å².